The fourth-order valence-corrected chi connectivity index (χ4v) is 9.14. The highest BCUT2D eigenvalue weighted by molar-refractivity contribution is 5.94. The number of carbonyl (C=O) groups excluding carboxylic acids is 2. The van der Waals surface area contributed by atoms with E-state index in [-0.39, 0.29) is 35.4 Å². The first-order valence-corrected chi connectivity index (χ1v) is 17.3. The van der Waals surface area contributed by atoms with E-state index in [1.165, 1.54) is 29.2 Å². The number of likely N-dealkylation sites (tertiary alicyclic amines) is 1. The Hall–Kier alpha value is -4.08. The number of ether oxygens (including phenoxy) is 2. The predicted molar refractivity (Wildman–Crippen MR) is 184 cm³/mol. The summed E-state index contributed by atoms with van der Waals surface area (Å²) in [5.74, 6) is 7.99. The van der Waals surface area contributed by atoms with Crippen molar-refractivity contribution in [1.82, 2.24) is 9.80 Å². The van der Waals surface area contributed by atoms with Gasteiger partial charge < -0.3 is 14.4 Å². The first kappa shape index (κ1) is 31.5. The molecule has 2 aliphatic heterocycles. The average Bonchev–Trinajstić information content (AvgIpc) is 3.38. The molecule has 2 aliphatic carbocycles. The lowest BCUT2D eigenvalue weighted by molar-refractivity contribution is -0.138. The van der Waals surface area contributed by atoms with Gasteiger partial charge in [0.2, 0.25) is 0 Å². The minimum Gasteiger partial charge on any atom is -0.487 e. The largest absolute Gasteiger partial charge is 0.487 e. The third-order valence-corrected chi connectivity index (χ3v) is 11.2. The van der Waals surface area contributed by atoms with Gasteiger partial charge in [-0.1, -0.05) is 56.2 Å². The Labute approximate surface area is 279 Å². The van der Waals surface area contributed by atoms with Gasteiger partial charge in [-0.05, 0) is 105 Å². The summed E-state index contributed by atoms with van der Waals surface area (Å²) in [4.78, 5) is 31.0. The highest BCUT2D eigenvalue weighted by atomic mass is 16.5. The first-order valence-electron chi connectivity index (χ1n) is 17.3. The van der Waals surface area contributed by atoms with Crippen molar-refractivity contribution >= 4 is 11.9 Å². The molecule has 2 bridgehead atoms. The van der Waals surface area contributed by atoms with E-state index < -0.39 is 0 Å². The van der Waals surface area contributed by atoms with Crippen LogP contribution in [0.3, 0.4) is 0 Å². The van der Waals surface area contributed by atoms with Crippen LogP contribution in [-0.4, -0.2) is 59.5 Å². The van der Waals surface area contributed by atoms with E-state index in [9.17, 15) is 9.59 Å². The van der Waals surface area contributed by atoms with Crippen molar-refractivity contribution in [1.29, 1.82) is 0 Å². The third kappa shape index (κ3) is 5.63. The molecule has 1 saturated heterocycles. The number of carbonyl (C=O) groups is 2. The van der Waals surface area contributed by atoms with E-state index in [0.29, 0.717) is 24.3 Å². The molecule has 47 heavy (non-hydrogen) atoms. The minimum atomic E-state index is -0.306. The van der Waals surface area contributed by atoms with Gasteiger partial charge in [-0.25, -0.2) is 0 Å². The van der Waals surface area contributed by atoms with Crippen molar-refractivity contribution in [2.45, 2.75) is 90.3 Å². The lowest BCUT2D eigenvalue weighted by atomic mass is 9.50. The Morgan fingerprint density at radius 2 is 1.87 bits per heavy atom. The van der Waals surface area contributed by atoms with Gasteiger partial charge in [0.1, 0.15) is 17.6 Å². The molecule has 0 radical (unpaired) electrons. The topological polar surface area (TPSA) is 59.1 Å². The molecule has 7 rings (SSSR count). The molecule has 1 spiro atoms. The smallest absolute Gasteiger partial charge is 0.308 e. The molecule has 3 aromatic carbocycles. The Kier molecular flexibility index (Phi) is 8.39. The van der Waals surface area contributed by atoms with E-state index in [1.54, 1.807) is 0 Å². The maximum atomic E-state index is 14.1. The molecule has 1 saturated carbocycles. The second kappa shape index (κ2) is 12.5. The fraction of sp³-hybridized carbons (Fsp3) is 0.463. The van der Waals surface area contributed by atoms with Gasteiger partial charge in [0.15, 0.2) is 0 Å². The Morgan fingerprint density at radius 1 is 1.06 bits per heavy atom. The van der Waals surface area contributed by atoms with Gasteiger partial charge in [0.05, 0.1) is 6.04 Å². The van der Waals surface area contributed by atoms with Gasteiger partial charge >= 0.3 is 5.97 Å². The Bertz CT molecular complexity index is 1750. The molecule has 6 heteroatoms. The fourth-order valence-electron chi connectivity index (χ4n) is 9.14. The zero-order valence-electron chi connectivity index (χ0n) is 28.3. The molecule has 5 atom stereocenters. The number of hydrogen-bond donors (Lipinski definition) is 0. The molecule has 0 aromatic heterocycles. The number of piperidine rings is 1. The van der Waals surface area contributed by atoms with Crippen LogP contribution in [-0.2, 0) is 27.8 Å². The molecular weight excluding hydrogens is 584 g/mol. The summed E-state index contributed by atoms with van der Waals surface area (Å²) in [6.07, 6.45) is 4.51. The highest BCUT2D eigenvalue weighted by Crippen LogP contribution is 2.64. The van der Waals surface area contributed by atoms with Crippen LogP contribution in [0.2, 0.25) is 0 Å². The van der Waals surface area contributed by atoms with Crippen molar-refractivity contribution in [2.75, 3.05) is 19.6 Å². The molecule has 1 amide bonds. The number of nitrogens with zero attached hydrogens (tertiary/aromatic N) is 2. The van der Waals surface area contributed by atoms with Gasteiger partial charge in [-0.15, -0.1) is 0 Å². The summed E-state index contributed by atoms with van der Waals surface area (Å²) in [7, 11) is 0. The quantitative estimate of drug-likeness (QED) is 0.172. The monoisotopic (exact) mass is 630 g/mol. The lowest BCUT2D eigenvalue weighted by Gasteiger charge is -2.60. The van der Waals surface area contributed by atoms with Gasteiger partial charge in [-0.2, -0.15) is 0 Å². The van der Waals surface area contributed by atoms with Crippen LogP contribution in [0.15, 0.2) is 60.7 Å². The Morgan fingerprint density at radius 3 is 2.62 bits per heavy atom. The van der Waals surface area contributed by atoms with Crippen molar-refractivity contribution in [3.63, 3.8) is 0 Å². The summed E-state index contributed by atoms with van der Waals surface area (Å²) >= 11 is 0. The SMILES string of the molecule is CC(=O)Oc1ccc2c3c1C[C@@H]1[C@@H]4CC[C@@H](N(CC(C)C)C(=O)C#Cc5ccc(C)c(C)c5)[C@H](O2)[C@]34CCN1CCc1ccccc1. The van der Waals surface area contributed by atoms with Gasteiger partial charge in [0.25, 0.3) is 5.91 Å². The molecule has 4 aliphatic rings. The van der Waals surface area contributed by atoms with E-state index in [1.807, 2.05) is 23.1 Å². The molecule has 3 aromatic rings. The molecule has 2 fully saturated rings. The number of esters is 1. The van der Waals surface area contributed by atoms with Crippen molar-refractivity contribution in [2.24, 2.45) is 11.8 Å². The predicted octanol–water partition coefficient (Wildman–Crippen LogP) is 6.42. The average molecular weight is 631 g/mol. The lowest BCUT2D eigenvalue weighted by Crippen LogP contribution is -2.69. The third-order valence-electron chi connectivity index (χ3n) is 11.2. The number of rotatable bonds is 7. The summed E-state index contributed by atoms with van der Waals surface area (Å²) in [5, 5.41) is 0. The molecule has 244 valence electrons. The van der Waals surface area contributed by atoms with E-state index in [2.05, 4.69) is 86.9 Å². The Balaban J connectivity index is 1.25. The molecule has 0 unspecified atom stereocenters. The van der Waals surface area contributed by atoms with E-state index in [4.69, 9.17) is 9.47 Å². The maximum absolute atomic E-state index is 14.1. The summed E-state index contributed by atoms with van der Waals surface area (Å²) in [6, 6.07) is 21.0. The van der Waals surface area contributed by atoms with Gasteiger partial charge in [0, 0.05) is 54.1 Å². The number of aryl methyl sites for hydroxylation is 2. The zero-order chi connectivity index (χ0) is 32.9. The van der Waals surface area contributed by atoms with Crippen LogP contribution in [0.1, 0.15) is 73.4 Å². The number of amides is 1. The van der Waals surface area contributed by atoms with Crippen LogP contribution < -0.4 is 9.47 Å². The molecule has 2 heterocycles. The zero-order valence-corrected chi connectivity index (χ0v) is 28.3. The first-order chi connectivity index (χ1) is 22.7. The number of hydrogen-bond acceptors (Lipinski definition) is 5. The minimum absolute atomic E-state index is 0.0951. The second-order valence-electron chi connectivity index (χ2n) is 14.5. The normalized spacial score (nSPS) is 25.3. The van der Waals surface area contributed by atoms with Crippen LogP contribution in [0.4, 0.5) is 0 Å². The summed E-state index contributed by atoms with van der Waals surface area (Å²) in [5.41, 5.74) is 6.69. The van der Waals surface area contributed by atoms with Crippen LogP contribution in [0.5, 0.6) is 11.5 Å². The van der Waals surface area contributed by atoms with Crippen LogP contribution in [0, 0.1) is 37.5 Å². The standard InChI is InChI=1S/C41H46N2O4/c1-26(2)25-43(38(45)18-13-31-12-11-27(3)28(4)23-31)34-15-14-33-35-24-32-36(46-29(5)44)16-17-37-39(32)41(33,40(34)47-37)20-22-42(35)21-19-30-9-7-6-8-10-30/h6-12,16-17,23,26,33-35,40H,14-15,19-22,24-25H2,1-5H3/t33-,34+,35+,40-,41-/m0/s1. The van der Waals surface area contributed by atoms with Crippen LogP contribution >= 0.6 is 0 Å². The van der Waals surface area contributed by atoms with Crippen molar-refractivity contribution in [3.05, 3.63) is 94.0 Å². The summed E-state index contributed by atoms with van der Waals surface area (Å²) in [6.45, 7) is 12.5. The molecular formula is C41H46N2O4. The second-order valence-corrected chi connectivity index (χ2v) is 14.5. The van der Waals surface area contributed by atoms with Crippen LogP contribution in [0.25, 0.3) is 0 Å². The van der Waals surface area contributed by atoms with E-state index in [0.717, 1.165) is 62.1 Å². The number of benzene rings is 3. The maximum Gasteiger partial charge on any atom is 0.308 e. The molecule has 6 nitrogen and oxygen atoms in total. The summed E-state index contributed by atoms with van der Waals surface area (Å²) < 4.78 is 12.9. The van der Waals surface area contributed by atoms with Crippen molar-refractivity contribution in [3.8, 4) is 23.3 Å². The van der Waals surface area contributed by atoms with E-state index >= 15 is 0 Å². The van der Waals surface area contributed by atoms with Gasteiger partial charge in [-0.3, -0.25) is 14.5 Å². The highest BCUT2D eigenvalue weighted by Gasteiger charge is 2.66. The van der Waals surface area contributed by atoms with Crippen molar-refractivity contribution < 1.29 is 19.1 Å². The molecule has 0 N–H and O–H groups in total.